The summed E-state index contributed by atoms with van der Waals surface area (Å²) in [5, 5.41) is 16.2. The molecule has 0 saturated carbocycles. The van der Waals surface area contributed by atoms with Gasteiger partial charge in [-0.2, -0.15) is 0 Å². The van der Waals surface area contributed by atoms with E-state index in [1.165, 1.54) is 0 Å². The lowest BCUT2D eigenvalue weighted by molar-refractivity contribution is 0.0951. The Labute approximate surface area is 185 Å². The Morgan fingerprint density at radius 3 is 2.71 bits per heavy atom. The minimum absolute atomic E-state index is 0.0511. The molecule has 7 heteroatoms. The molecule has 0 aliphatic heterocycles. The average molecular weight is 435 g/mol. The van der Waals surface area contributed by atoms with Crippen molar-refractivity contribution in [3.8, 4) is 17.1 Å². The maximum absolute atomic E-state index is 12.6. The number of hydrogen-bond donors (Lipinski definition) is 3. The number of hydrogen-bond acceptors (Lipinski definition) is 5. The van der Waals surface area contributed by atoms with Crippen LogP contribution in [0.2, 0.25) is 0 Å². The third-order valence-electron chi connectivity index (χ3n) is 5.43. The van der Waals surface area contributed by atoms with Crippen LogP contribution in [0.5, 0.6) is 5.88 Å². The number of pyridine rings is 1. The van der Waals surface area contributed by atoms with E-state index in [4.69, 9.17) is 0 Å². The van der Waals surface area contributed by atoms with Gasteiger partial charge in [0.15, 0.2) is 5.88 Å². The zero-order valence-corrected chi connectivity index (χ0v) is 18.5. The number of fused-ring (bicyclic) bond motifs is 1. The van der Waals surface area contributed by atoms with Gasteiger partial charge in [-0.3, -0.25) is 14.7 Å². The van der Waals surface area contributed by atoms with E-state index in [1.54, 1.807) is 23.5 Å². The van der Waals surface area contributed by atoms with Crippen molar-refractivity contribution in [2.45, 2.75) is 26.9 Å². The first-order valence-corrected chi connectivity index (χ1v) is 11.3. The number of rotatable bonds is 8. The van der Waals surface area contributed by atoms with Gasteiger partial charge in [-0.05, 0) is 54.4 Å². The standard InChI is InChI=1S/C24H26N4O2S/c1-3-28(4-2)15-16-7-9-21(25-13-16)22-19-12-17(8-10-20(19)27-24(22)30)23(29)26-14-18-6-5-11-31-18/h5-13,27,30H,3-4,14-15H2,1-2H3,(H,26,29). The summed E-state index contributed by atoms with van der Waals surface area (Å²) < 4.78 is 0. The van der Waals surface area contributed by atoms with Crippen LogP contribution in [-0.4, -0.2) is 39.0 Å². The summed E-state index contributed by atoms with van der Waals surface area (Å²) >= 11 is 1.61. The Bertz CT molecular complexity index is 1160. The van der Waals surface area contributed by atoms with Crippen LogP contribution in [0.1, 0.15) is 34.6 Å². The lowest BCUT2D eigenvalue weighted by Crippen LogP contribution is -2.22. The Kier molecular flexibility index (Phi) is 6.34. The predicted octanol–water partition coefficient (Wildman–Crippen LogP) is 4.77. The summed E-state index contributed by atoms with van der Waals surface area (Å²) in [7, 11) is 0. The molecule has 0 atom stereocenters. The van der Waals surface area contributed by atoms with Crippen LogP contribution < -0.4 is 5.32 Å². The van der Waals surface area contributed by atoms with Crippen molar-refractivity contribution in [3.63, 3.8) is 0 Å². The molecule has 6 nitrogen and oxygen atoms in total. The molecule has 3 heterocycles. The molecule has 0 unspecified atom stereocenters. The molecule has 1 aromatic carbocycles. The van der Waals surface area contributed by atoms with Gasteiger partial charge in [0.05, 0.1) is 17.8 Å². The summed E-state index contributed by atoms with van der Waals surface area (Å²) in [6.07, 6.45) is 1.85. The molecule has 31 heavy (non-hydrogen) atoms. The zero-order chi connectivity index (χ0) is 21.8. The number of aromatic amines is 1. The van der Waals surface area contributed by atoms with Gasteiger partial charge in [-0.15, -0.1) is 11.3 Å². The molecular formula is C24H26N4O2S. The van der Waals surface area contributed by atoms with Gasteiger partial charge in [0, 0.05) is 34.1 Å². The van der Waals surface area contributed by atoms with Crippen LogP contribution in [0.15, 0.2) is 54.0 Å². The molecule has 0 aliphatic rings. The molecule has 0 fully saturated rings. The second-order valence-corrected chi connectivity index (χ2v) is 8.42. The van der Waals surface area contributed by atoms with Crippen molar-refractivity contribution >= 4 is 28.1 Å². The van der Waals surface area contributed by atoms with Crippen molar-refractivity contribution in [2.24, 2.45) is 0 Å². The second-order valence-electron chi connectivity index (χ2n) is 7.38. The number of nitrogens with one attached hydrogen (secondary N) is 2. The first-order valence-electron chi connectivity index (χ1n) is 10.4. The molecule has 3 N–H and O–H groups in total. The number of benzene rings is 1. The first-order chi connectivity index (χ1) is 15.1. The molecule has 0 saturated heterocycles. The van der Waals surface area contributed by atoms with Crippen molar-refractivity contribution < 1.29 is 9.90 Å². The van der Waals surface area contributed by atoms with E-state index in [-0.39, 0.29) is 11.8 Å². The summed E-state index contributed by atoms with van der Waals surface area (Å²) in [6, 6.07) is 13.3. The molecule has 0 bridgehead atoms. The van der Waals surface area contributed by atoms with Gasteiger partial charge < -0.3 is 15.4 Å². The fourth-order valence-electron chi connectivity index (χ4n) is 3.63. The normalized spacial score (nSPS) is 11.3. The number of aromatic hydroxyl groups is 1. The highest BCUT2D eigenvalue weighted by atomic mass is 32.1. The zero-order valence-electron chi connectivity index (χ0n) is 17.7. The van der Waals surface area contributed by atoms with Crippen molar-refractivity contribution in [1.82, 2.24) is 20.2 Å². The predicted molar refractivity (Wildman–Crippen MR) is 125 cm³/mol. The van der Waals surface area contributed by atoms with E-state index in [0.29, 0.717) is 23.4 Å². The van der Waals surface area contributed by atoms with Crippen molar-refractivity contribution in [1.29, 1.82) is 0 Å². The number of H-pyrrole nitrogens is 1. The van der Waals surface area contributed by atoms with Gasteiger partial charge >= 0.3 is 0 Å². The number of thiophene rings is 1. The number of aromatic nitrogens is 2. The third-order valence-corrected chi connectivity index (χ3v) is 6.30. The van der Waals surface area contributed by atoms with Crippen LogP contribution in [0, 0.1) is 0 Å². The highest BCUT2D eigenvalue weighted by Crippen LogP contribution is 2.36. The Hall–Kier alpha value is -3.16. The fourth-order valence-corrected chi connectivity index (χ4v) is 4.28. The summed E-state index contributed by atoms with van der Waals surface area (Å²) in [4.78, 5) is 23.6. The second kappa shape index (κ2) is 9.32. The Morgan fingerprint density at radius 1 is 1.19 bits per heavy atom. The van der Waals surface area contributed by atoms with E-state index >= 15 is 0 Å². The Morgan fingerprint density at radius 2 is 2.03 bits per heavy atom. The third kappa shape index (κ3) is 4.62. The molecule has 3 aromatic heterocycles. The van der Waals surface area contributed by atoms with Gasteiger partial charge in [0.1, 0.15) is 0 Å². The summed E-state index contributed by atoms with van der Waals surface area (Å²) in [5.74, 6) is -0.0976. The maximum atomic E-state index is 12.6. The van der Waals surface area contributed by atoms with Gasteiger partial charge in [-0.25, -0.2) is 0 Å². The lowest BCUT2D eigenvalue weighted by Gasteiger charge is -2.17. The van der Waals surface area contributed by atoms with Crippen molar-refractivity contribution in [3.05, 3.63) is 70.0 Å². The number of carbonyl (C=O) groups excluding carboxylic acids is 1. The minimum Gasteiger partial charge on any atom is -0.494 e. The van der Waals surface area contributed by atoms with Crippen LogP contribution >= 0.6 is 11.3 Å². The van der Waals surface area contributed by atoms with Gasteiger partial charge in [0.2, 0.25) is 0 Å². The fraction of sp³-hybridized carbons (Fsp3) is 0.250. The molecule has 4 aromatic rings. The number of nitrogens with zero attached hydrogens (tertiary/aromatic N) is 2. The van der Waals surface area contributed by atoms with Crippen LogP contribution in [0.4, 0.5) is 0 Å². The molecule has 1 amide bonds. The van der Waals surface area contributed by atoms with Crippen LogP contribution in [0.25, 0.3) is 22.2 Å². The lowest BCUT2D eigenvalue weighted by atomic mass is 10.1. The number of carbonyl (C=O) groups is 1. The molecule has 0 radical (unpaired) electrons. The SMILES string of the molecule is CCN(CC)Cc1ccc(-c2c(O)[nH]c3ccc(C(=O)NCc4cccs4)cc23)nc1. The quantitative estimate of drug-likeness (QED) is 0.373. The van der Waals surface area contributed by atoms with E-state index in [0.717, 1.165) is 41.0 Å². The highest BCUT2D eigenvalue weighted by Gasteiger charge is 2.16. The highest BCUT2D eigenvalue weighted by molar-refractivity contribution is 7.09. The molecule has 4 rings (SSSR count). The molecular weight excluding hydrogens is 408 g/mol. The van der Waals surface area contributed by atoms with E-state index < -0.39 is 0 Å². The molecule has 0 aliphatic carbocycles. The van der Waals surface area contributed by atoms with E-state index in [9.17, 15) is 9.90 Å². The topological polar surface area (TPSA) is 81.2 Å². The molecule has 0 spiro atoms. The Balaban J connectivity index is 1.59. The summed E-state index contributed by atoms with van der Waals surface area (Å²) in [5.41, 5.74) is 3.71. The first kappa shape index (κ1) is 21.1. The smallest absolute Gasteiger partial charge is 0.251 e. The van der Waals surface area contributed by atoms with Gasteiger partial charge in [0.25, 0.3) is 5.91 Å². The van der Waals surface area contributed by atoms with Gasteiger partial charge in [-0.1, -0.05) is 26.0 Å². The van der Waals surface area contributed by atoms with E-state index in [2.05, 4.69) is 34.0 Å². The molecule has 160 valence electrons. The van der Waals surface area contributed by atoms with E-state index in [1.807, 2.05) is 41.9 Å². The summed E-state index contributed by atoms with van der Waals surface area (Å²) in [6.45, 7) is 7.59. The van der Waals surface area contributed by atoms with Crippen LogP contribution in [-0.2, 0) is 13.1 Å². The van der Waals surface area contributed by atoms with Crippen molar-refractivity contribution in [2.75, 3.05) is 13.1 Å². The average Bonchev–Trinajstić information content (AvgIpc) is 3.42. The van der Waals surface area contributed by atoms with Crippen LogP contribution in [0.3, 0.4) is 0 Å². The minimum atomic E-state index is -0.149. The number of amides is 1. The largest absolute Gasteiger partial charge is 0.494 e. The maximum Gasteiger partial charge on any atom is 0.251 e. The monoisotopic (exact) mass is 434 g/mol.